The van der Waals surface area contributed by atoms with Gasteiger partial charge in [0.2, 0.25) is 5.91 Å². The van der Waals surface area contributed by atoms with Crippen molar-refractivity contribution in [2.75, 3.05) is 11.9 Å². The molecule has 1 amide bonds. The van der Waals surface area contributed by atoms with Gasteiger partial charge >= 0.3 is 0 Å². The number of carbonyl (C=O) groups is 1. The van der Waals surface area contributed by atoms with Gasteiger partial charge in [0.05, 0.1) is 0 Å². The molecule has 1 aliphatic heterocycles. The SMILES string of the molecule is CCc1nc2cc(NC(=O)C3CCNC(C)C3)ccc2o1. The fraction of sp³-hybridized carbons (Fsp3) is 0.500. The van der Waals surface area contributed by atoms with E-state index in [1.165, 1.54) is 0 Å². The van der Waals surface area contributed by atoms with Gasteiger partial charge in [-0.3, -0.25) is 4.79 Å². The Hall–Kier alpha value is -1.88. The Morgan fingerprint density at radius 2 is 2.38 bits per heavy atom. The van der Waals surface area contributed by atoms with E-state index in [9.17, 15) is 4.79 Å². The Labute approximate surface area is 124 Å². The van der Waals surface area contributed by atoms with Crippen LogP contribution in [0.4, 0.5) is 5.69 Å². The summed E-state index contributed by atoms with van der Waals surface area (Å²) in [6.07, 6.45) is 2.55. The smallest absolute Gasteiger partial charge is 0.227 e. The summed E-state index contributed by atoms with van der Waals surface area (Å²) in [7, 11) is 0. The molecular formula is C16H21N3O2. The van der Waals surface area contributed by atoms with Gasteiger partial charge in [-0.05, 0) is 44.5 Å². The van der Waals surface area contributed by atoms with Crippen LogP contribution in [0.5, 0.6) is 0 Å². The summed E-state index contributed by atoms with van der Waals surface area (Å²) in [5.74, 6) is 0.906. The van der Waals surface area contributed by atoms with Crippen molar-refractivity contribution in [3.8, 4) is 0 Å². The van der Waals surface area contributed by atoms with E-state index < -0.39 is 0 Å². The number of anilines is 1. The number of carbonyl (C=O) groups excluding carboxylic acids is 1. The zero-order valence-corrected chi connectivity index (χ0v) is 12.5. The molecule has 2 heterocycles. The lowest BCUT2D eigenvalue weighted by Gasteiger charge is -2.27. The summed E-state index contributed by atoms with van der Waals surface area (Å²) >= 11 is 0. The first-order valence-electron chi connectivity index (χ1n) is 7.59. The lowest BCUT2D eigenvalue weighted by Crippen LogP contribution is -2.40. The molecule has 1 aromatic carbocycles. The number of hydrogen-bond acceptors (Lipinski definition) is 4. The lowest BCUT2D eigenvalue weighted by molar-refractivity contribution is -0.120. The van der Waals surface area contributed by atoms with Gasteiger partial charge < -0.3 is 15.1 Å². The van der Waals surface area contributed by atoms with Gasteiger partial charge in [0.1, 0.15) is 5.52 Å². The number of aromatic nitrogens is 1. The molecule has 3 rings (SSSR count). The summed E-state index contributed by atoms with van der Waals surface area (Å²) < 4.78 is 5.58. The molecule has 2 atom stereocenters. The monoisotopic (exact) mass is 287 g/mol. The molecule has 1 saturated heterocycles. The predicted octanol–water partition coefficient (Wildman–Crippen LogP) is 2.72. The number of nitrogens with one attached hydrogen (secondary N) is 2. The van der Waals surface area contributed by atoms with E-state index in [1.807, 2.05) is 25.1 Å². The predicted molar refractivity (Wildman–Crippen MR) is 82.2 cm³/mol. The second-order valence-electron chi connectivity index (χ2n) is 5.71. The second kappa shape index (κ2) is 5.85. The molecule has 1 aliphatic rings. The molecule has 1 fully saturated rings. The van der Waals surface area contributed by atoms with Crippen LogP contribution in [-0.2, 0) is 11.2 Å². The molecule has 5 heteroatoms. The minimum atomic E-state index is 0.0838. The maximum Gasteiger partial charge on any atom is 0.227 e. The van der Waals surface area contributed by atoms with Crippen molar-refractivity contribution in [2.24, 2.45) is 5.92 Å². The number of nitrogens with zero attached hydrogens (tertiary/aromatic N) is 1. The highest BCUT2D eigenvalue weighted by atomic mass is 16.3. The van der Waals surface area contributed by atoms with Crippen molar-refractivity contribution in [1.29, 1.82) is 0 Å². The fourth-order valence-electron chi connectivity index (χ4n) is 2.82. The molecular weight excluding hydrogens is 266 g/mol. The normalized spacial score (nSPS) is 22.4. The van der Waals surface area contributed by atoms with E-state index in [0.29, 0.717) is 6.04 Å². The quantitative estimate of drug-likeness (QED) is 0.911. The van der Waals surface area contributed by atoms with Crippen molar-refractivity contribution in [3.05, 3.63) is 24.1 Å². The van der Waals surface area contributed by atoms with Crippen LogP contribution in [0.3, 0.4) is 0 Å². The number of benzene rings is 1. The Morgan fingerprint density at radius 3 is 3.14 bits per heavy atom. The van der Waals surface area contributed by atoms with Crippen LogP contribution in [0, 0.1) is 5.92 Å². The summed E-state index contributed by atoms with van der Waals surface area (Å²) in [5, 5.41) is 6.36. The van der Waals surface area contributed by atoms with Crippen molar-refractivity contribution < 1.29 is 9.21 Å². The van der Waals surface area contributed by atoms with Crippen molar-refractivity contribution in [1.82, 2.24) is 10.3 Å². The molecule has 0 aliphatic carbocycles. The number of piperidine rings is 1. The van der Waals surface area contributed by atoms with Crippen LogP contribution in [0.2, 0.25) is 0 Å². The van der Waals surface area contributed by atoms with Crippen molar-refractivity contribution >= 4 is 22.7 Å². The molecule has 2 N–H and O–H groups in total. The van der Waals surface area contributed by atoms with Crippen LogP contribution in [-0.4, -0.2) is 23.5 Å². The zero-order valence-electron chi connectivity index (χ0n) is 12.5. The summed E-state index contributed by atoms with van der Waals surface area (Å²) in [6, 6.07) is 6.01. The number of fused-ring (bicyclic) bond motifs is 1. The van der Waals surface area contributed by atoms with Crippen LogP contribution in [0.15, 0.2) is 22.6 Å². The number of hydrogen-bond donors (Lipinski definition) is 2. The number of oxazole rings is 1. The minimum absolute atomic E-state index is 0.0838. The molecule has 2 unspecified atom stereocenters. The highest BCUT2D eigenvalue weighted by Crippen LogP contribution is 2.22. The average Bonchev–Trinajstić information content (AvgIpc) is 2.89. The van der Waals surface area contributed by atoms with Gasteiger partial charge in [-0.15, -0.1) is 0 Å². The lowest BCUT2D eigenvalue weighted by atomic mass is 9.92. The van der Waals surface area contributed by atoms with Crippen LogP contribution in [0.1, 0.15) is 32.6 Å². The molecule has 1 aromatic heterocycles. The maximum absolute atomic E-state index is 12.3. The summed E-state index contributed by atoms with van der Waals surface area (Å²) in [4.78, 5) is 16.7. The molecule has 0 saturated carbocycles. The molecule has 0 radical (unpaired) electrons. The molecule has 112 valence electrons. The fourth-order valence-corrected chi connectivity index (χ4v) is 2.82. The van der Waals surface area contributed by atoms with Crippen LogP contribution < -0.4 is 10.6 Å². The van der Waals surface area contributed by atoms with Crippen molar-refractivity contribution in [3.63, 3.8) is 0 Å². The zero-order chi connectivity index (χ0) is 14.8. The first-order valence-corrected chi connectivity index (χ1v) is 7.59. The van der Waals surface area contributed by atoms with Gasteiger partial charge in [-0.1, -0.05) is 6.92 Å². The number of aryl methyl sites for hydroxylation is 1. The van der Waals surface area contributed by atoms with E-state index in [1.54, 1.807) is 0 Å². The van der Waals surface area contributed by atoms with E-state index in [0.717, 1.165) is 48.5 Å². The summed E-state index contributed by atoms with van der Waals surface area (Å²) in [5.41, 5.74) is 2.35. The van der Waals surface area contributed by atoms with E-state index in [2.05, 4.69) is 22.5 Å². The Balaban J connectivity index is 1.73. The van der Waals surface area contributed by atoms with E-state index >= 15 is 0 Å². The van der Waals surface area contributed by atoms with E-state index in [4.69, 9.17) is 4.42 Å². The third kappa shape index (κ3) is 3.08. The van der Waals surface area contributed by atoms with Gasteiger partial charge in [0.15, 0.2) is 11.5 Å². The summed E-state index contributed by atoms with van der Waals surface area (Å²) in [6.45, 7) is 5.03. The first-order chi connectivity index (χ1) is 10.2. The topological polar surface area (TPSA) is 67.2 Å². The van der Waals surface area contributed by atoms with Crippen LogP contribution in [0.25, 0.3) is 11.1 Å². The molecule has 2 aromatic rings. The molecule has 21 heavy (non-hydrogen) atoms. The van der Waals surface area contributed by atoms with Crippen molar-refractivity contribution in [2.45, 2.75) is 39.2 Å². The molecule has 5 nitrogen and oxygen atoms in total. The van der Waals surface area contributed by atoms with Gasteiger partial charge in [0.25, 0.3) is 0 Å². The Bertz CT molecular complexity index is 650. The largest absolute Gasteiger partial charge is 0.441 e. The molecule has 0 spiro atoms. The number of amides is 1. The molecule has 0 bridgehead atoms. The van der Waals surface area contributed by atoms with Gasteiger partial charge in [0, 0.05) is 24.1 Å². The maximum atomic E-state index is 12.3. The Morgan fingerprint density at radius 1 is 1.52 bits per heavy atom. The standard InChI is InChI=1S/C16H21N3O2/c1-3-15-19-13-9-12(4-5-14(13)21-15)18-16(20)11-6-7-17-10(2)8-11/h4-5,9-11,17H,3,6-8H2,1-2H3,(H,18,20). The van der Waals surface area contributed by atoms with Crippen LogP contribution >= 0.6 is 0 Å². The van der Waals surface area contributed by atoms with E-state index in [-0.39, 0.29) is 11.8 Å². The number of rotatable bonds is 3. The second-order valence-corrected chi connectivity index (χ2v) is 5.71. The highest BCUT2D eigenvalue weighted by Gasteiger charge is 2.24. The third-order valence-corrected chi connectivity index (χ3v) is 4.00. The van der Waals surface area contributed by atoms with Gasteiger partial charge in [-0.2, -0.15) is 0 Å². The minimum Gasteiger partial charge on any atom is -0.441 e. The van der Waals surface area contributed by atoms with Gasteiger partial charge in [-0.25, -0.2) is 4.98 Å². The Kier molecular flexibility index (Phi) is 3.92. The average molecular weight is 287 g/mol. The highest BCUT2D eigenvalue weighted by molar-refractivity contribution is 5.94. The first kappa shape index (κ1) is 14.1. The third-order valence-electron chi connectivity index (χ3n) is 4.00.